The molecule has 1 aliphatic rings. The van der Waals surface area contributed by atoms with E-state index in [4.69, 9.17) is 11.6 Å². The molecule has 0 unspecified atom stereocenters. The van der Waals surface area contributed by atoms with Crippen molar-refractivity contribution in [2.45, 2.75) is 51.4 Å². The third-order valence-corrected chi connectivity index (χ3v) is 4.98. The number of carbonyl (C=O) groups excluding carboxylic acids is 1. The normalized spacial score (nSPS) is 16.8. The van der Waals surface area contributed by atoms with Gasteiger partial charge in [-0.3, -0.25) is 4.79 Å². The van der Waals surface area contributed by atoms with Crippen LogP contribution in [0.3, 0.4) is 0 Å². The van der Waals surface area contributed by atoms with Gasteiger partial charge >= 0.3 is 0 Å². The molecule has 0 heterocycles. The van der Waals surface area contributed by atoms with Gasteiger partial charge in [0.25, 0.3) is 0 Å². The molecule has 0 atom stereocenters. The highest BCUT2D eigenvalue weighted by Crippen LogP contribution is 2.43. The molecule has 0 aliphatic heterocycles. The van der Waals surface area contributed by atoms with Gasteiger partial charge in [-0.25, -0.2) is 0 Å². The first-order chi connectivity index (χ1) is 9.61. The minimum absolute atomic E-state index is 0.131. The van der Waals surface area contributed by atoms with E-state index in [9.17, 15) is 4.79 Å². The quantitative estimate of drug-likeness (QED) is 0.832. The smallest absolute Gasteiger partial charge is 0.223 e. The van der Waals surface area contributed by atoms with Gasteiger partial charge in [0, 0.05) is 22.9 Å². The van der Waals surface area contributed by atoms with Crippen molar-refractivity contribution in [3.05, 3.63) is 34.9 Å². The number of nitrogens with one attached hydrogen (secondary N) is 1. The molecule has 0 saturated heterocycles. The lowest BCUT2D eigenvalue weighted by Crippen LogP contribution is -2.46. The molecule has 1 amide bonds. The van der Waals surface area contributed by atoms with Crippen molar-refractivity contribution in [1.82, 2.24) is 5.32 Å². The van der Waals surface area contributed by atoms with Gasteiger partial charge in [-0.2, -0.15) is 0 Å². The van der Waals surface area contributed by atoms with Crippen LogP contribution in [0.5, 0.6) is 0 Å². The second kappa shape index (κ2) is 6.62. The third kappa shape index (κ3) is 3.17. The van der Waals surface area contributed by atoms with Gasteiger partial charge in [-0.15, -0.1) is 0 Å². The fraction of sp³-hybridized carbons (Fsp3) is 0.588. The summed E-state index contributed by atoms with van der Waals surface area (Å²) >= 11 is 5.96. The topological polar surface area (TPSA) is 29.1 Å². The van der Waals surface area contributed by atoms with Crippen molar-refractivity contribution in [2.24, 2.45) is 5.92 Å². The summed E-state index contributed by atoms with van der Waals surface area (Å²) in [6.45, 7) is 4.90. The van der Waals surface area contributed by atoms with E-state index in [2.05, 4.69) is 31.3 Å². The van der Waals surface area contributed by atoms with Gasteiger partial charge in [-0.05, 0) is 43.4 Å². The van der Waals surface area contributed by atoms with Crippen LogP contribution in [0, 0.1) is 5.92 Å². The summed E-state index contributed by atoms with van der Waals surface area (Å²) in [5, 5.41) is 3.94. The summed E-state index contributed by atoms with van der Waals surface area (Å²) in [5.74, 6) is 0.354. The van der Waals surface area contributed by atoms with Crippen LogP contribution in [0.25, 0.3) is 0 Å². The Kier molecular flexibility index (Phi) is 5.09. The van der Waals surface area contributed by atoms with Gasteiger partial charge in [0.05, 0.1) is 0 Å². The Balaban J connectivity index is 2.02. The summed E-state index contributed by atoms with van der Waals surface area (Å²) < 4.78 is 0. The molecule has 0 radical (unpaired) electrons. The second-order valence-corrected chi connectivity index (χ2v) is 6.31. The van der Waals surface area contributed by atoms with Gasteiger partial charge in [0.1, 0.15) is 0 Å². The lowest BCUT2D eigenvalue weighted by Gasteiger charge is -2.43. The molecular formula is C17H24ClNO. The highest BCUT2D eigenvalue weighted by atomic mass is 35.5. The summed E-state index contributed by atoms with van der Waals surface area (Å²) in [5.41, 5.74) is 1.43. The first-order valence-electron chi connectivity index (χ1n) is 7.65. The van der Waals surface area contributed by atoms with Crippen LogP contribution < -0.4 is 5.32 Å². The molecule has 20 heavy (non-hydrogen) atoms. The average Bonchev–Trinajstić information content (AvgIpc) is 2.41. The molecule has 1 N–H and O–H groups in total. The Morgan fingerprint density at radius 2 is 1.85 bits per heavy atom. The highest BCUT2D eigenvalue weighted by molar-refractivity contribution is 6.30. The predicted octanol–water partition coefficient (Wildman–Crippen LogP) is 4.31. The van der Waals surface area contributed by atoms with E-state index in [0.717, 1.165) is 37.3 Å². The number of hydrogen-bond donors (Lipinski definition) is 1. The summed E-state index contributed by atoms with van der Waals surface area (Å²) in [4.78, 5) is 12.1. The van der Waals surface area contributed by atoms with E-state index in [-0.39, 0.29) is 17.2 Å². The SMILES string of the molecule is CCC(CC)C(=O)NCC1(c2ccc(Cl)cc2)CCC1. The van der Waals surface area contributed by atoms with Crippen LogP contribution in [0.4, 0.5) is 0 Å². The minimum Gasteiger partial charge on any atom is -0.355 e. The Labute approximate surface area is 126 Å². The maximum absolute atomic E-state index is 12.1. The number of rotatable bonds is 6. The Morgan fingerprint density at radius 1 is 1.25 bits per heavy atom. The molecule has 0 spiro atoms. The van der Waals surface area contributed by atoms with E-state index in [1.165, 1.54) is 12.0 Å². The molecule has 0 aromatic heterocycles. The number of halogens is 1. The van der Waals surface area contributed by atoms with E-state index in [1.54, 1.807) is 0 Å². The molecule has 0 bridgehead atoms. The van der Waals surface area contributed by atoms with E-state index >= 15 is 0 Å². The van der Waals surface area contributed by atoms with E-state index in [0.29, 0.717) is 0 Å². The zero-order valence-electron chi connectivity index (χ0n) is 12.4. The largest absolute Gasteiger partial charge is 0.355 e. The Hall–Kier alpha value is -1.02. The fourth-order valence-corrected chi connectivity index (χ4v) is 3.16. The minimum atomic E-state index is 0.131. The van der Waals surface area contributed by atoms with Gasteiger partial charge in [-0.1, -0.05) is 44.0 Å². The van der Waals surface area contributed by atoms with Crippen LogP contribution >= 0.6 is 11.6 Å². The zero-order chi connectivity index (χ0) is 14.6. The second-order valence-electron chi connectivity index (χ2n) is 5.87. The monoisotopic (exact) mass is 293 g/mol. The maximum atomic E-state index is 12.1. The van der Waals surface area contributed by atoms with Crippen LogP contribution in [0.2, 0.25) is 5.02 Å². The van der Waals surface area contributed by atoms with Crippen LogP contribution in [0.15, 0.2) is 24.3 Å². The van der Waals surface area contributed by atoms with Crippen molar-refractivity contribution >= 4 is 17.5 Å². The third-order valence-electron chi connectivity index (χ3n) is 4.72. The van der Waals surface area contributed by atoms with Gasteiger partial charge in [0.2, 0.25) is 5.91 Å². The maximum Gasteiger partial charge on any atom is 0.223 e. The fourth-order valence-electron chi connectivity index (χ4n) is 3.03. The van der Waals surface area contributed by atoms with Crippen molar-refractivity contribution < 1.29 is 4.79 Å². The molecule has 1 aromatic carbocycles. The Morgan fingerprint density at radius 3 is 2.30 bits per heavy atom. The van der Waals surface area contributed by atoms with Gasteiger partial charge in [0.15, 0.2) is 0 Å². The van der Waals surface area contributed by atoms with Crippen molar-refractivity contribution in [1.29, 1.82) is 0 Å². The van der Waals surface area contributed by atoms with Crippen molar-refractivity contribution in [3.63, 3.8) is 0 Å². The molecule has 1 aliphatic carbocycles. The first kappa shape index (κ1) is 15.4. The lowest BCUT2D eigenvalue weighted by molar-refractivity contribution is -0.125. The van der Waals surface area contributed by atoms with Crippen LogP contribution in [-0.4, -0.2) is 12.5 Å². The molecule has 1 fully saturated rings. The molecule has 110 valence electrons. The summed E-state index contributed by atoms with van der Waals surface area (Å²) in [6.07, 6.45) is 5.37. The van der Waals surface area contributed by atoms with E-state index in [1.807, 2.05) is 12.1 Å². The highest BCUT2D eigenvalue weighted by Gasteiger charge is 2.39. The zero-order valence-corrected chi connectivity index (χ0v) is 13.2. The van der Waals surface area contributed by atoms with E-state index < -0.39 is 0 Å². The molecule has 1 saturated carbocycles. The van der Waals surface area contributed by atoms with Crippen LogP contribution in [0.1, 0.15) is 51.5 Å². The molecule has 3 heteroatoms. The van der Waals surface area contributed by atoms with Crippen molar-refractivity contribution in [3.8, 4) is 0 Å². The standard InChI is InChI=1S/C17H24ClNO/c1-3-13(4-2)16(20)19-12-17(10-5-11-17)14-6-8-15(18)9-7-14/h6-9,13H,3-5,10-12H2,1-2H3,(H,19,20). The molecule has 2 nitrogen and oxygen atoms in total. The van der Waals surface area contributed by atoms with Crippen LogP contribution in [-0.2, 0) is 10.2 Å². The van der Waals surface area contributed by atoms with Gasteiger partial charge < -0.3 is 5.32 Å². The average molecular weight is 294 g/mol. The predicted molar refractivity (Wildman–Crippen MR) is 84.1 cm³/mol. The Bertz CT molecular complexity index is 447. The van der Waals surface area contributed by atoms with Crippen molar-refractivity contribution in [2.75, 3.05) is 6.54 Å². The summed E-state index contributed by atoms with van der Waals surface area (Å²) in [7, 11) is 0. The first-order valence-corrected chi connectivity index (χ1v) is 8.03. The number of carbonyl (C=O) groups is 1. The lowest BCUT2D eigenvalue weighted by atomic mass is 9.64. The summed E-state index contributed by atoms with van der Waals surface area (Å²) in [6, 6.07) is 8.09. The molecule has 1 aromatic rings. The molecular weight excluding hydrogens is 270 g/mol. The molecule has 2 rings (SSSR count). The number of amides is 1. The number of hydrogen-bond acceptors (Lipinski definition) is 1. The number of benzene rings is 1.